The summed E-state index contributed by atoms with van der Waals surface area (Å²) < 4.78 is 5.49. The minimum atomic E-state index is -0.828. The standard InChI is InChI=1S/C22H37N5O3/c1-3-5-7-20-23-9-17(25-20)12-27(11-16-14-30-15-19(28)22(16)29)13-18-10-24-21(26-18)8-6-4-2/h9-10,16,19,22,28-29H,3-8,11-15H2,1-2H3,(H,23,25)(H,24,26)/t16-,19-,22+/m1/s1. The summed E-state index contributed by atoms with van der Waals surface area (Å²) in [5, 5.41) is 20.4. The molecule has 0 spiro atoms. The van der Waals surface area contributed by atoms with Crippen molar-refractivity contribution >= 4 is 0 Å². The number of aliphatic hydroxyl groups excluding tert-OH is 2. The van der Waals surface area contributed by atoms with Crippen LogP contribution in [0.25, 0.3) is 0 Å². The maximum Gasteiger partial charge on any atom is 0.106 e. The number of aromatic amines is 2. The number of nitrogens with one attached hydrogen (secondary N) is 2. The average molecular weight is 420 g/mol. The maximum absolute atomic E-state index is 10.4. The lowest BCUT2D eigenvalue weighted by atomic mass is 9.96. The summed E-state index contributed by atoms with van der Waals surface area (Å²) in [6.45, 7) is 6.98. The van der Waals surface area contributed by atoms with E-state index in [9.17, 15) is 10.2 Å². The Labute approximate surface area is 179 Å². The summed E-state index contributed by atoms with van der Waals surface area (Å²) in [6.07, 6.45) is 8.65. The Kier molecular flexibility index (Phi) is 8.87. The molecule has 30 heavy (non-hydrogen) atoms. The van der Waals surface area contributed by atoms with Gasteiger partial charge in [0.25, 0.3) is 0 Å². The second kappa shape index (κ2) is 11.6. The number of nitrogens with zero attached hydrogens (tertiary/aromatic N) is 3. The number of hydrogen-bond acceptors (Lipinski definition) is 6. The van der Waals surface area contributed by atoms with E-state index in [0.29, 0.717) is 26.2 Å². The number of imidazole rings is 2. The number of H-pyrrole nitrogens is 2. The molecule has 2 aromatic rings. The molecule has 168 valence electrons. The van der Waals surface area contributed by atoms with Crippen LogP contribution in [0.15, 0.2) is 12.4 Å². The topological polar surface area (TPSA) is 110 Å². The molecule has 3 heterocycles. The van der Waals surface area contributed by atoms with Gasteiger partial charge in [-0.2, -0.15) is 0 Å². The predicted molar refractivity (Wildman–Crippen MR) is 115 cm³/mol. The molecule has 1 aliphatic heterocycles. The largest absolute Gasteiger partial charge is 0.390 e. The van der Waals surface area contributed by atoms with Crippen molar-refractivity contribution in [1.29, 1.82) is 0 Å². The number of aromatic nitrogens is 4. The van der Waals surface area contributed by atoms with Crippen LogP contribution < -0.4 is 0 Å². The van der Waals surface area contributed by atoms with E-state index in [2.05, 4.69) is 38.7 Å². The van der Waals surface area contributed by atoms with Crippen molar-refractivity contribution < 1.29 is 14.9 Å². The Morgan fingerprint density at radius 2 is 1.53 bits per heavy atom. The predicted octanol–water partition coefficient (Wildman–Crippen LogP) is 2.19. The molecule has 0 radical (unpaired) electrons. The van der Waals surface area contributed by atoms with E-state index in [4.69, 9.17) is 4.74 Å². The fraction of sp³-hybridized carbons (Fsp3) is 0.727. The molecule has 1 saturated heterocycles. The summed E-state index contributed by atoms with van der Waals surface area (Å²) in [5.74, 6) is 1.90. The van der Waals surface area contributed by atoms with Crippen LogP contribution in [0.1, 0.15) is 62.6 Å². The lowest BCUT2D eigenvalue weighted by Gasteiger charge is -2.35. The zero-order valence-electron chi connectivity index (χ0n) is 18.3. The van der Waals surface area contributed by atoms with Gasteiger partial charge < -0.3 is 24.9 Å². The Bertz CT molecular complexity index is 698. The van der Waals surface area contributed by atoms with Crippen molar-refractivity contribution in [2.45, 2.75) is 77.7 Å². The average Bonchev–Trinajstić information content (AvgIpc) is 3.37. The number of ether oxygens (including phenoxy) is 1. The van der Waals surface area contributed by atoms with Gasteiger partial charge in [0.05, 0.1) is 19.3 Å². The maximum atomic E-state index is 10.4. The van der Waals surface area contributed by atoms with Gasteiger partial charge in [-0.05, 0) is 12.8 Å². The van der Waals surface area contributed by atoms with E-state index in [1.54, 1.807) is 0 Å². The van der Waals surface area contributed by atoms with Gasteiger partial charge in [-0.15, -0.1) is 0 Å². The molecule has 0 aromatic carbocycles. The third kappa shape index (κ3) is 6.63. The van der Waals surface area contributed by atoms with Gasteiger partial charge in [0.2, 0.25) is 0 Å². The van der Waals surface area contributed by atoms with Gasteiger partial charge in [-0.1, -0.05) is 26.7 Å². The molecular weight excluding hydrogens is 382 g/mol. The van der Waals surface area contributed by atoms with Crippen LogP contribution in [0.5, 0.6) is 0 Å². The zero-order chi connectivity index (χ0) is 21.3. The van der Waals surface area contributed by atoms with Crippen LogP contribution in [-0.2, 0) is 30.7 Å². The molecule has 0 unspecified atom stereocenters. The second-order valence-electron chi connectivity index (χ2n) is 8.44. The molecule has 0 saturated carbocycles. The van der Waals surface area contributed by atoms with Crippen molar-refractivity contribution in [3.63, 3.8) is 0 Å². The number of aliphatic hydroxyl groups is 2. The van der Waals surface area contributed by atoms with Gasteiger partial charge in [0.15, 0.2) is 0 Å². The highest BCUT2D eigenvalue weighted by molar-refractivity contribution is 5.05. The Balaban J connectivity index is 1.67. The highest BCUT2D eigenvalue weighted by atomic mass is 16.5. The summed E-state index contributed by atoms with van der Waals surface area (Å²) in [7, 11) is 0. The molecule has 0 aliphatic carbocycles. The highest BCUT2D eigenvalue weighted by Crippen LogP contribution is 2.19. The zero-order valence-corrected chi connectivity index (χ0v) is 18.3. The molecule has 4 N–H and O–H groups in total. The van der Waals surface area contributed by atoms with Crippen LogP contribution in [0.4, 0.5) is 0 Å². The van der Waals surface area contributed by atoms with Gasteiger partial charge in [0, 0.05) is 62.2 Å². The summed E-state index contributed by atoms with van der Waals surface area (Å²) >= 11 is 0. The SMILES string of the molecule is CCCCc1ncc(CN(Cc2cnc(CCCC)[nH]2)C[C@@H]2COC[C@@H](O)[C@H]2O)[nH]1. The van der Waals surface area contributed by atoms with Crippen molar-refractivity contribution in [1.82, 2.24) is 24.8 Å². The molecule has 8 heteroatoms. The third-order valence-electron chi connectivity index (χ3n) is 5.67. The summed E-state index contributed by atoms with van der Waals surface area (Å²) in [5.41, 5.74) is 2.11. The van der Waals surface area contributed by atoms with Crippen molar-refractivity contribution in [3.8, 4) is 0 Å². The molecule has 1 aliphatic rings. The smallest absolute Gasteiger partial charge is 0.106 e. The van der Waals surface area contributed by atoms with Gasteiger partial charge >= 0.3 is 0 Å². The third-order valence-corrected chi connectivity index (χ3v) is 5.67. The molecule has 8 nitrogen and oxygen atoms in total. The number of hydrogen-bond donors (Lipinski definition) is 4. The quantitative estimate of drug-likeness (QED) is 0.420. The molecule has 3 atom stereocenters. The van der Waals surface area contributed by atoms with Crippen molar-refractivity contribution in [2.75, 3.05) is 19.8 Å². The minimum Gasteiger partial charge on any atom is -0.390 e. The van der Waals surface area contributed by atoms with E-state index < -0.39 is 12.2 Å². The molecule has 0 amide bonds. The fourth-order valence-electron chi connectivity index (χ4n) is 3.93. The summed E-state index contributed by atoms with van der Waals surface area (Å²) in [4.78, 5) is 18.1. The molecule has 3 rings (SSSR count). The first kappa shape index (κ1) is 22.9. The lowest BCUT2D eigenvalue weighted by Crippen LogP contribution is -2.48. The Morgan fingerprint density at radius 1 is 0.967 bits per heavy atom. The van der Waals surface area contributed by atoms with Crippen LogP contribution in [0.2, 0.25) is 0 Å². The fourth-order valence-corrected chi connectivity index (χ4v) is 3.93. The van der Waals surface area contributed by atoms with Gasteiger partial charge in [-0.25, -0.2) is 9.97 Å². The monoisotopic (exact) mass is 419 g/mol. The summed E-state index contributed by atoms with van der Waals surface area (Å²) in [6, 6.07) is 0. The molecular formula is C22H37N5O3. The van der Waals surface area contributed by atoms with E-state index in [-0.39, 0.29) is 12.5 Å². The second-order valence-corrected chi connectivity index (χ2v) is 8.44. The van der Waals surface area contributed by atoms with Crippen LogP contribution >= 0.6 is 0 Å². The van der Waals surface area contributed by atoms with E-state index >= 15 is 0 Å². The first-order valence-electron chi connectivity index (χ1n) is 11.3. The number of unbranched alkanes of at least 4 members (excludes halogenated alkanes) is 2. The van der Waals surface area contributed by atoms with E-state index in [1.165, 1.54) is 0 Å². The molecule has 2 aromatic heterocycles. The first-order valence-corrected chi connectivity index (χ1v) is 11.3. The van der Waals surface area contributed by atoms with E-state index in [1.807, 2.05) is 12.4 Å². The van der Waals surface area contributed by atoms with E-state index in [0.717, 1.165) is 61.6 Å². The minimum absolute atomic E-state index is 0.140. The van der Waals surface area contributed by atoms with Gasteiger partial charge in [-0.3, -0.25) is 4.90 Å². The van der Waals surface area contributed by atoms with Crippen LogP contribution in [0, 0.1) is 5.92 Å². The highest BCUT2D eigenvalue weighted by Gasteiger charge is 2.32. The Hall–Kier alpha value is -1.74. The molecule has 1 fully saturated rings. The number of rotatable bonds is 12. The van der Waals surface area contributed by atoms with Crippen LogP contribution in [0.3, 0.4) is 0 Å². The number of aryl methyl sites for hydroxylation is 2. The van der Waals surface area contributed by atoms with Crippen molar-refractivity contribution in [2.24, 2.45) is 5.92 Å². The first-order chi connectivity index (χ1) is 14.6. The Morgan fingerprint density at radius 3 is 2.07 bits per heavy atom. The van der Waals surface area contributed by atoms with Crippen LogP contribution in [-0.4, -0.2) is 67.0 Å². The van der Waals surface area contributed by atoms with Crippen molar-refractivity contribution in [3.05, 3.63) is 35.4 Å². The lowest BCUT2D eigenvalue weighted by molar-refractivity contribution is -0.126. The normalized spacial score (nSPS) is 22.1. The molecule has 0 bridgehead atoms. The van der Waals surface area contributed by atoms with Gasteiger partial charge in [0.1, 0.15) is 17.8 Å².